The number of benzene rings is 3. The lowest BCUT2D eigenvalue weighted by molar-refractivity contribution is -0.138. The first-order valence-corrected chi connectivity index (χ1v) is 12.8. The zero-order chi connectivity index (χ0) is 27.8. The van der Waals surface area contributed by atoms with E-state index in [1.807, 2.05) is 12.1 Å². The van der Waals surface area contributed by atoms with Crippen LogP contribution in [-0.2, 0) is 17.5 Å². The summed E-state index contributed by atoms with van der Waals surface area (Å²) in [5, 5.41) is 10.4. The van der Waals surface area contributed by atoms with Crippen LogP contribution < -0.4 is 4.74 Å². The smallest absolute Gasteiger partial charge is 0.419 e. The largest absolute Gasteiger partial charge is 0.506 e. The van der Waals surface area contributed by atoms with Crippen LogP contribution in [0.2, 0.25) is 0 Å². The molecule has 0 radical (unpaired) electrons. The van der Waals surface area contributed by atoms with Crippen molar-refractivity contribution in [2.45, 2.75) is 77.7 Å². The highest BCUT2D eigenvalue weighted by molar-refractivity contribution is 5.95. The van der Waals surface area contributed by atoms with E-state index < -0.39 is 34.6 Å². The standard InChI is InChI=1S/C31H33F3O4/c1-18(2)21-10-14-24(25(16-21)20-6-7-20)19-8-12-23(13-9-19)37-17-22-11-15-26(31(32,33)34)28(35)27(22)29(36)38-30(3,4)5/h8-16,18,20,35H,6-7,17H2,1-5H3. The molecule has 38 heavy (non-hydrogen) atoms. The summed E-state index contributed by atoms with van der Waals surface area (Å²) in [5.74, 6) is -0.700. The van der Waals surface area contributed by atoms with Crippen LogP contribution in [0.15, 0.2) is 54.6 Å². The van der Waals surface area contributed by atoms with Crippen LogP contribution in [0, 0.1) is 0 Å². The molecule has 0 aliphatic heterocycles. The predicted molar refractivity (Wildman–Crippen MR) is 141 cm³/mol. The third-order valence-electron chi connectivity index (χ3n) is 6.49. The molecule has 4 rings (SSSR count). The van der Waals surface area contributed by atoms with E-state index in [2.05, 4.69) is 32.0 Å². The number of carbonyl (C=O) groups is 1. The van der Waals surface area contributed by atoms with Crippen LogP contribution in [-0.4, -0.2) is 16.7 Å². The molecule has 0 aromatic heterocycles. The molecule has 0 saturated heterocycles. The Morgan fingerprint density at radius 3 is 2.21 bits per heavy atom. The number of halogens is 3. The number of ether oxygens (including phenoxy) is 2. The molecule has 1 saturated carbocycles. The second-order valence-electron chi connectivity index (χ2n) is 11.1. The number of esters is 1. The van der Waals surface area contributed by atoms with E-state index in [0.29, 0.717) is 17.6 Å². The van der Waals surface area contributed by atoms with Crippen molar-refractivity contribution in [3.8, 4) is 22.6 Å². The van der Waals surface area contributed by atoms with E-state index in [0.717, 1.165) is 17.7 Å². The van der Waals surface area contributed by atoms with E-state index in [9.17, 15) is 23.1 Å². The average molecular weight is 527 g/mol. The third-order valence-corrected chi connectivity index (χ3v) is 6.49. The van der Waals surface area contributed by atoms with Crippen LogP contribution in [0.1, 0.15) is 91.9 Å². The molecule has 4 nitrogen and oxygen atoms in total. The van der Waals surface area contributed by atoms with Crippen molar-refractivity contribution in [2.75, 3.05) is 0 Å². The Bertz CT molecular complexity index is 1310. The van der Waals surface area contributed by atoms with E-state index in [-0.39, 0.29) is 12.2 Å². The first-order chi connectivity index (χ1) is 17.7. The normalized spacial score (nSPS) is 14.0. The van der Waals surface area contributed by atoms with E-state index in [1.165, 1.54) is 29.5 Å². The maximum absolute atomic E-state index is 13.4. The highest BCUT2D eigenvalue weighted by atomic mass is 19.4. The fraction of sp³-hybridized carbons (Fsp3) is 0.387. The molecular formula is C31H33F3O4. The molecule has 7 heteroatoms. The van der Waals surface area contributed by atoms with Crippen LogP contribution in [0.3, 0.4) is 0 Å². The van der Waals surface area contributed by atoms with Gasteiger partial charge >= 0.3 is 12.1 Å². The van der Waals surface area contributed by atoms with Crippen molar-refractivity contribution in [1.82, 2.24) is 0 Å². The Balaban J connectivity index is 1.58. The average Bonchev–Trinajstić information content (AvgIpc) is 3.66. The summed E-state index contributed by atoms with van der Waals surface area (Å²) in [6.45, 7) is 8.93. The van der Waals surface area contributed by atoms with Crippen molar-refractivity contribution in [3.05, 3.63) is 82.4 Å². The third kappa shape index (κ3) is 6.32. The van der Waals surface area contributed by atoms with Gasteiger partial charge in [-0.05, 0) is 85.9 Å². The quantitative estimate of drug-likeness (QED) is 0.313. The molecule has 202 valence electrons. The highest BCUT2D eigenvalue weighted by Gasteiger charge is 2.37. The second-order valence-corrected chi connectivity index (χ2v) is 11.1. The molecule has 1 N–H and O–H groups in total. The zero-order valence-corrected chi connectivity index (χ0v) is 22.3. The Kier molecular flexibility index (Phi) is 7.51. The summed E-state index contributed by atoms with van der Waals surface area (Å²) >= 11 is 0. The molecule has 0 unspecified atom stereocenters. The van der Waals surface area contributed by atoms with E-state index in [1.54, 1.807) is 32.9 Å². The Labute approximate surface area is 221 Å². The first-order valence-electron chi connectivity index (χ1n) is 12.8. The van der Waals surface area contributed by atoms with Crippen LogP contribution in [0.4, 0.5) is 13.2 Å². The number of phenolic OH excluding ortho intramolecular Hbond substituents is 1. The zero-order valence-electron chi connectivity index (χ0n) is 22.3. The van der Waals surface area contributed by atoms with Crippen LogP contribution >= 0.6 is 0 Å². The van der Waals surface area contributed by atoms with Crippen LogP contribution in [0.5, 0.6) is 11.5 Å². The molecular weight excluding hydrogens is 493 g/mol. The number of rotatable bonds is 7. The minimum atomic E-state index is -4.83. The number of alkyl halides is 3. The van der Waals surface area contributed by atoms with Crippen molar-refractivity contribution < 1.29 is 32.5 Å². The van der Waals surface area contributed by atoms with Crippen molar-refractivity contribution >= 4 is 5.97 Å². The minimum Gasteiger partial charge on any atom is -0.506 e. The Morgan fingerprint density at radius 1 is 1.00 bits per heavy atom. The minimum absolute atomic E-state index is 0.0918. The predicted octanol–water partition coefficient (Wildman–Crippen LogP) is 8.61. The lowest BCUT2D eigenvalue weighted by Crippen LogP contribution is -2.25. The number of hydrogen-bond donors (Lipinski definition) is 1. The number of carbonyl (C=O) groups excluding carboxylic acids is 1. The van der Waals surface area contributed by atoms with E-state index >= 15 is 0 Å². The van der Waals surface area contributed by atoms with Gasteiger partial charge in [-0.15, -0.1) is 0 Å². The van der Waals surface area contributed by atoms with Gasteiger partial charge in [0.05, 0.1) is 5.56 Å². The van der Waals surface area contributed by atoms with Gasteiger partial charge in [0.1, 0.15) is 29.3 Å². The summed E-state index contributed by atoms with van der Waals surface area (Å²) in [6, 6.07) is 16.0. The maximum Gasteiger partial charge on any atom is 0.419 e. The second kappa shape index (κ2) is 10.4. The summed E-state index contributed by atoms with van der Waals surface area (Å²) in [4.78, 5) is 12.7. The van der Waals surface area contributed by atoms with Crippen LogP contribution in [0.25, 0.3) is 11.1 Å². The first kappa shape index (κ1) is 27.6. The molecule has 0 heterocycles. The fourth-order valence-corrected chi connectivity index (χ4v) is 4.37. The van der Waals surface area contributed by atoms with E-state index in [4.69, 9.17) is 9.47 Å². The highest BCUT2D eigenvalue weighted by Crippen LogP contribution is 2.45. The topological polar surface area (TPSA) is 55.8 Å². The monoisotopic (exact) mass is 526 g/mol. The van der Waals surface area contributed by atoms with Gasteiger partial charge in [0.25, 0.3) is 0 Å². The van der Waals surface area contributed by atoms with Gasteiger partial charge in [0.2, 0.25) is 0 Å². The molecule has 1 aliphatic carbocycles. The molecule has 3 aromatic rings. The molecule has 0 amide bonds. The van der Waals surface area contributed by atoms with Gasteiger partial charge in [-0.3, -0.25) is 0 Å². The van der Waals surface area contributed by atoms with Gasteiger partial charge < -0.3 is 14.6 Å². The van der Waals surface area contributed by atoms with Gasteiger partial charge in [0.15, 0.2) is 0 Å². The molecule has 0 atom stereocenters. The maximum atomic E-state index is 13.4. The number of hydrogen-bond acceptors (Lipinski definition) is 4. The Hall–Kier alpha value is -3.48. The Morgan fingerprint density at radius 2 is 1.66 bits per heavy atom. The van der Waals surface area contributed by atoms with Crippen molar-refractivity contribution in [2.24, 2.45) is 0 Å². The van der Waals surface area contributed by atoms with Crippen molar-refractivity contribution in [1.29, 1.82) is 0 Å². The molecule has 0 bridgehead atoms. The number of phenols is 1. The van der Waals surface area contributed by atoms with Crippen molar-refractivity contribution in [3.63, 3.8) is 0 Å². The molecule has 0 spiro atoms. The number of aromatic hydroxyl groups is 1. The lowest BCUT2D eigenvalue weighted by Gasteiger charge is -2.22. The lowest BCUT2D eigenvalue weighted by atomic mass is 9.91. The SMILES string of the molecule is CC(C)c1ccc(-c2ccc(OCc3ccc(C(F)(F)F)c(O)c3C(=O)OC(C)(C)C)cc2)c(C2CC2)c1. The summed E-state index contributed by atoms with van der Waals surface area (Å²) in [5.41, 5.74) is 2.18. The molecule has 1 fully saturated rings. The van der Waals surface area contributed by atoms with Gasteiger partial charge in [0, 0.05) is 5.56 Å². The fourth-order valence-electron chi connectivity index (χ4n) is 4.37. The summed E-state index contributed by atoms with van der Waals surface area (Å²) < 4.78 is 51.3. The summed E-state index contributed by atoms with van der Waals surface area (Å²) in [6.07, 6.45) is -2.45. The molecule has 3 aromatic carbocycles. The van der Waals surface area contributed by atoms with Gasteiger partial charge in [-0.1, -0.05) is 50.2 Å². The summed E-state index contributed by atoms with van der Waals surface area (Å²) in [7, 11) is 0. The van der Waals surface area contributed by atoms with Gasteiger partial charge in [-0.25, -0.2) is 4.79 Å². The molecule has 1 aliphatic rings. The van der Waals surface area contributed by atoms with Gasteiger partial charge in [-0.2, -0.15) is 13.2 Å².